The Morgan fingerprint density at radius 2 is 1.98 bits per heavy atom. The maximum atomic E-state index is 16.2. The van der Waals surface area contributed by atoms with Gasteiger partial charge in [0.1, 0.15) is 22.6 Å². The van der Waals surface area contributed by atoms with E-state index in [4.69, 9.17) is 9.47 Å². The van der Waals surface area contributed by atoms with Gasteiger partial charge in [0.15, 0.2) is 17.5 Å². The molecule has 0 atom stereocenters. The average molecular weight is 614 g/mol. The summed E-state index contributed by atoms with van der Waals surface area (Å²) >= 11 is 3.29. The van der Waals surface area contributed by atoms with E-state index >= 15 is 4.39 Å². The first-order valence-corrected chi connectivity index (χ1v) is 13.6. The van der Waals surface area contributed by atoms with Gasteiger partial charge in [0.05, 0.1) is 25.7 Å². The van der Waals surface area contributed by atoms with E-state index < -0.39 is 23.0 Å². The topological polar surface area (TPSA) is 80.7 Å². The molecule has 12 heteroatoms. The lowest BCUT2D eigenvalue weighted by Gasteiger charge is -2.55. The number of piperazine rings is 1. The van der Waals surface area contributed by atoms with Gasteiger partial charge >= 0.3 is 6.01 Å². The van der Waals surface area contributed by atoms with Crippen molar-refractivity contribution in [3.05, 3.63) is 66.1 Å². The van der Waals surface area contributed by atoms with E-state index in [2.05, 4.69) is 30.9 Å². The van der Waals surface area contributed by atoms with Crippen LogP contribution in [0.3, 0.4) is 0 Å². The van der Waals surface area contributed by atoms with Crippen LogP contribution in [0.1, 0.15) is 0 Å². The van der Waals surface area contributed by atoms with E-state index in [1.807, 2.05) is 4.90 Å². The zero-order valence-electron chi connectivity index (χ0n) is 21.3. The van der Waals surface area contributed by atoms with Crippen LogP contribution in [0.5, 0.6) is 6.01 Å². The van der Waals surface area contributed by atoms with E-state index in [-0.39, 0.29) is 34.1 Å². The summed E-state index contributed by atoms with van der Waals surface area (Å²) in [6, 6.07) is 7.12. The average Bonchev–Trinajstić information content (AvgIpc) is 2.96. The Morgan fingerprint density at radius 3 is 2.70 bits per heavy atom. The van der Waals surface area contributed by atoms with Gasteiger partial charge in [-0.2, -0.15) is 9.97 Å². The number of amides is 1. The van der Waals surface area contributed by atoms with Gasteiger partial charge in [-0.25, -0.2) is 13.2 Å². The zero-order valence-corrected chi connectivity index (χ0v) is 22.9. The van der Waals surface area contributed by atoms with Crippen LogP contribution >= 0.6 is 15.9 Å². The van der Waals surface area contributed by atoms with Gasteiger partial charge < -0.3 is 19.3 Å². The van der Waals surface area contributed by atoms with Crippen molar-refractivity contribution in [1.82, 2.24) is 19.9 Å². The van der Waals surface area contributed by atoms with Crippen LogP contribution in [-0.2, 0) is 9.53 Å². The molecule has 1 amide bonds. The number of hydrogen-bond acceptors (Lipinski definition) is 7. The number of aromatic nitrogens is 3. The molecule has 4 heterocycles. The van der Waals surface area contributed by atoms with Gasteiger partial charge in [-0.3, -0.25) is 9.78 Å². The van der Waals surface area contributed by atoms with E-state index in [1.54, 1.807) is 23.1 Å². The second-order valence-corrected chi connectivity index (χ2v) is 10.3. The first kappa shape index (κ1) is 26.5. The SMILES string of the molecule is COc1nc(N2CCN(C(=O)/C=C/CBr)C3(COC3)C2)c2cnc(-c3cccc4ccc(F)c(F)c34)c(F)c2n1. The van der Waals surface area contributed by atoms with Crippen LogP contribution in [0, 0.1) is 17.5 Å². The van der Waals surface area contributed by atoms with Crippen molar-refractivity contribution in [3.63, 3.8) is 0 Å². The molecule has 6 rings (SSSR count). The van der Waals surface area contributed by atoms with Gasteiger partial charge in [0.2, 0.25) is 5.91 Å². The molecule has 206 valence electrons. The third-order valence-electron chi connectivity index (χ3n) is 7.32. The normalized spacial score (nSPS) is 16.7. The minimum Gasteiger partial charge on any atom is -0.467 e. The first-order chi connectivity index (χ1) is 19.4. The highest BCUT2D eigenvalue weighted by Gasteiger charge is 2.50. The molecule has 40 heavy (non-hydrogen) atoms. The highest BCUT2D eigenvalue weighted by molar-refractivity contribution is 9.09. The summed E-state index contributed by atoms with van der Waals surface area (Å²) in [5.74, 6) is -2.65. The molecule has 1 spiro atoms. The molecule has 0 radical (unpaired) electrons. The molecule has 0 unspecified atom stereocenters. The maximum Gasteiger partial charge on any atom is 0.318 e. The number of nitrogens with zero attached hydrogens (tertiary/aromatic N) is 5. The predicted octanol–water partition coefficient (Wildman–Crippen LogP) is 4.64. The molecule has 0 saturated carbocycles. The van der Waals surface area contributed by atoms with Gasteiger partial charge in [-0.15, -0.1) is 0 Å². The monoisotopic (exact) mass is 613 g/mol. The van der Waals surface area contributed by atoms with Crippen molar-refractivity contribution in [2.45, 2.75) is 5.54 Å². The molecule has 2 aromatic heterocycles. The molecule has 4 aromatic rings. The van der Waals surface area contributed by atoms with Crippen LogP contribution in [0.4, 0.5) is 19.0 Å². The number of pyridine rings is 1. The molecule has 2 aliphatic rings. The fraction of sp³-hybridized carbons (Fsp3) is 0.286. The third-order valence-corrected chi connectivity index (χ3v) is 7.70. The lowest BCUT2D eigenvalue weighted by Crippen LogP contribution is -2.72. The van der Waals surface area contributed by atoms with Crippen molar-refractivity contribution in [2.24, 2.45) is 0 Å². The molecule has 0 aliphatic carbocycles. The minimum atomic E-state index is -1.08. The first-order valence-electron chi connectivity index (χ1n) is 12.5. The van der Waals surface area contributed by atoms with Gasteiger partial charge in [0.25, 0.3) is 0 Å². The molecule has 2 saturated heterocycles. The number of allylic oxidation sites excluding steroid dienone is 1. The summed E-state index contributed by atoms with van der Waals surface area (Å²) in [6.07, 6.45) is 4.71. The molecule has 2 fully saturated rings. The highest BCUT2D eigenvalue weighted by atomic mass is 79.9. The van der Waals surface area contributed by atoms with Crippen molar-refractivity contribution in [3.8, 4) is 17.3 Å². The number of halogens is 4. The number of ether oxygens (including phenoxy) is 2. The Morgan fingerprint density at radius 1 is 1.15 bits per heavy atom. The van der Waals surface area contributed by atoms with Crippen molar-refractivity contribution in [1.29, 1.82) is 0 Å². The number of benzene rings is 2. The lowest BCUT2D eigenvalue weighted by atomic mass is 9.91. The highest BCUT2D eigenvalue weighted by Crippen LogP contribution is 2.38. The van der Waals surface area contributed by atoms with Gasteiger partial charge in [-0.1, -0.05) is 46.3 Å². The molecule has 2 aliphatic heterocycles. The van der Waals surface area contributed by atoms with Crippen LogP contribution in [0.15, 0.2) is 48.7 Å². The third kappa shape index (κ3) is 4.26. The van der Waals surface area contributed by atoms with Crippen molar-refractivity contribution < 1.29 is 27.4 Å². The van der Waals surface area contributed by atoms with E-state index in [9.17, 15) is 13.6 Å². The Kier molecular flexibility index (Phi) is 6.83. The summed E-state index contributed by atoms with van der Waals surface area (Å²) in [5, 5.41) is 1.22. The number of hydrogen-bond donors (Lipinski definition) is 0. The predicted molar refractivity (Wildman–Crippen MR) is 147 cm³/mol. The fourth-order valence-electron chi connectivity index (χ4n) is 5.37. The second-order valence-electron chi connectivity index (χ2n) is 9.67. The zero-order chi connectivity index (χ0) is 28.0. The Bertz CT molecular complexity index is 1680. The maximum absolute atomic E-state index is 16.2. The standard InChI is InChI=1S/C28H23BrF3N5O3/c1-39-27-34-25-18(12-33-24(23(25)32)17-5-2-4-16-7-8-19(30)22(31)21(16)17)26(35-27)36-10-11-37(20(38)6-3-9-29)28(13-36)14-40-15-28/h2-8,12H,9-11,13-15H2,1H3/b6-3+. The largest absolute Gasteiger partial charge is 0.467 e. The van der Waals surface area contributed by atoms with Gasteiger partial charge in [-0.05, 0) is 17.5 Å². The van der Waals surface area contributed by atoms with Crippen LogP contribution in [-0.4, -0.2) is 76.6 Å². The fourth-order valence-corrected chi connectivity index (χ4v) is 5.56. The Labute approximate surface area is 235 Å². The molecular weight excluding hydrogens is 591 g/mol. The number of alkyl halides is 1. The summed E-state index contributed by atoms with van der Waals surface area (Å²) in [5.41, 5.74) is -0.708. The van der Waals surface area contributed by atoms with Gasteiger partial charge in [0, 0.05) is 42.1 Å². The van der Waals surface area contributed by atoms with Crippen LogP contribution in [0.25, 0.3) is 32.9 Å². The van der Waals surface area contributed by atoms with E-state index in [0.717, 1.165) is 6.07 Å². The summed E-state index contributed by atoms with van der Waals surface area (Å²) in [4.78, 5) is 29.7. The number of anilines is 1. The van der Waals surface area contributed by atoms with Crippen LogP contribution < -0.4 is 9.64 Å². The number of carbonyl (C=O) groups excluding carboxylic acids is 1. The quantitative estimate of drug-likeness (QED) is 0.240. The summed E-state index contributed by atoms with van der Waals surface area (Å²) < 4.78 is 56.0. The summed E-state index contributed by atoms with van der Waals surface area (Å²) in [7, 11) is 1.38. The number of rotatable bonds is 5. The van der Waals surface area contributed by atoms with E-state index in [1.165, 1.54) is 31.5 Å². The van der Waals surface area contributed by atoms with Crippen LogP contribution in [0.2, 0.25) is 0 Å². The van der Waals surface area contributed by atoms with E-state index in [0.29, 0.717) is 54.8 Å². The lowest BCUT2D eigenvalue weighted by molar-refractivity contribution is -0.164. The smallest absolute Gasteiger partial charge is 0.318 e. The van der Waals surface area contributed by atoms with Crippen molar-refractivity contribution in [2.75, 3.05) is 50.2 Å². The molecule has 8 nitrogen and oxygen atoms in total. The number of carbonyl (C=O) groups is 1. The minimum absolute atomic E-state index is 0.0636. The van der Waals surface area contributed by atoms with Crippen molar-refractivity contribution >= 4 is 49.3 Å². The molecular formula is C28H23BrF3N5O3. The Hall–Kier alpha value is -3.77. The number of fused-ring (bicyclic) bond motifs is 2. The molecule has 0 bridgehead atoms. The second kappa shape index (κ2) is 10.3. The number of methoxy groups -OCH3 is 1. The summed E-state index contributed by atoms with van der Waals surface area (Å²) in [6.45, 7) is 1.93. The molecule has 2 aromatic carbocycles. The Balaban J connectivity index is 1.45. The molecule has 0 N–H and O–H groups in total.